The number of hydrogen-bond donors (Lipinski definition) is 1. The summed E-state index contributed by atoms with van der Waals surface area (Å²) in [5.74, 6) is 1.51. The van der Waals surface area contributed by atoms with Crippen molar-refractivity contribution >= 4 is 15.9 Å². The normalized spacial score (nSPS) is 28.1. The molecule has 0 bridgehead atoms. The number of aromatic nitrogens is 2. The van der Waals surface area contributed by atoms with Gasteiger partial charge >= 0.3 is 0 Å². The molecule has 2 rings (SSSR count). The van der Waals surface area contributed by atoms with Gasteiger partial charge in [-0.2, -0.15) is 5.10 Å². The molecule has 0 unspecified atom stereocenters. The fourth-order valence-electron chi connectivity index (χ4n) is 3.20. The van der Waals surface area contributed by atoms with Gasteiger partial charge in [0, 0.05) is 13.5 Å². The molecule has 1 heterocycles. The van der Waals surface area contributed by atoms with E-state index in [1.165, 1.54) is 0 Å². The van der Waals surface area contributed by atoms with Crippen molar-refractivity contribution in [2.75, 3.05) is 0 Å². The number of nitrogens with zero attached hydrogens (tertiary/aromatic N) is 2. The zero-order valence-electron chi connectivity index (χ0n) is 12.4. The first-order valence-corrected chi connectivity index (χ1v) is 8.02. The van der Waals surface area contributed by atoms with Crippen molar-refractivity contribution in [3.8, 4) is 0 Å². The summed E-state index contributed by atoms with van der Waals surface area (Å²) in [5.41, 5.74) is 1.56. The first-order chi connectivity index (χ1) is 8.82. The lowest BCUT2D eigenvalue weighted by atomic mass is 9.73. The van der Waals surface area contributed by atoms with Crippen molar-refractivity contribution in [1.82, 2.24) is 9.78 Å². The summed E-state index contributed by atoms with van der Waals surface area (Å²) in [6, 6.07) is 0. The second-order valence-corrected chi connectivity index (χ2v) is 7.25. The molecule has 0 aliphatic heterocycles. The van der Waals surface area contributed by atoms with E-state index < -0.39 is 5.60 Å². The van der Waals surface area contributed by atoms with E-state index in [0.717, 1.165) is 53.4 Å². The van der Waals surface area contributed by atoms with Crippen LogP contribution in [0.15, 0.2) is 4.47 Å². The number of aryl methyl sites for hydroxylation is 2. The van der Waals surface area contributed by atoms with Crippen LogP contribution in [-0.2, 0) is 13.5 Å². The van der Waals surface area contributed by atoms with Crippen LogP contribution in [0.1, 0.15) is 50.9 Å². The van der Waals surface area contributed by atoms with Gasteiger partial charge in [0.1, 0.15) is 0 Å². The van der Waals surface area contributed by atoms with Gasteiger partial charge < -0.3 is 5.11 Å². The molecule has 1 fully saturated rings. The van der Waals surface area contributed by atoms with Gasteiger partial charge in [-0.25, -0.2) is 0 Å². The summed E-state index contributed by atoms with van der Waals surface area (Å²) in [4.78, 5) is 0. The first-order valence-electron chi connectivity index (χ1n) is 7.23. The first kappa shape index (κ1) is 15.0. The fraction of sp³-hybridized carbons (Fsp3) is 0.800. The summed E-state index contributed by atoms with van der Waals surface area (Å²) >= 11 is 3.59. The van der Waals surface area contributed by atoms with Gasteiger partial charge in [0.25, 0.3) is 0 Å². The zero-order valence-corrected chi connectivity index (χ0v) is 14.0. The molecule has 108 valence electrons. The Hall–Kier alpha value is -0.350. The minimum atomic E-state index is -0.547. The molecule has 4 heteroatoms. The molecule has 0 amide bonds. The van der Waals surface area contributed by atoms with E-state index in [0.29, 0.717) is 6.42 Å². The van der Waals surface area contributed by atoms with Crippen LogP contribution in [0.2, 0.25) is 0 Å². The molecule has 0 spiro atoms. The number of halogens is 1. The third-order valence-corrected chi connectivity index (χ3v) is 5.69. The molecule has 1 aromatic rings. The molecule has 19 heavy (non-hydrogen) atoms. The average Bonchev–Trinajstić information content (AvgIpc) is 2.56. The smallest absolute Gasteiger partial charge is 0.0738 e. The summed E-state index contributed by atoms with van der Waals surface area (Å²) in [6.07, 6.45) is 4.81. The van der Waals surface area contributed by atoms with Crippen LogP contribution < -0.4 is 0 Å². The Morgan fingerprint density at radius 1 is 1.42 bits per heavy atom. The monoisotopic (exact) mass is 328 g/mol. The number of aliphatic hydroxyl groups is 1. The van der Waals surface area contributed by atoms with Gasteiger partial charge in [0.05, 0.1) is 21.5 Å². The van der Waals surface area contributed by atoms with E-state index >= 15 is 0 Å². The standard InChI is InChI=1S/C15H25BrN2O/c1-10(2)12-5-7-15(19,8-6-12)9-13-14(16)11(3)17-18(13)4/h10,12,19H,5-9H2,1-4H3. The van der Waals surface area contributed by atoms with Crippen molar-refractivity contribution in [3.05, 3.63) is 15.9 Å². The van der Waals surface area contributed by atoms with Crippen LogP contribution in [0, 0.1) is 18.8 Å². The molecular formula is C15H25BrN2O. The maximum absolute atomic E-state index is 10.8. The van der Waals surface area contributed by atoms with Gasteiger partial charge in [-0.1, -0.05) is 13.8 Å². The summed E-state index contributed by atoms with van der Waals surface area (Å²) in [5, 5.41) is 15.2. The molecular weight excluding hydrogens is 304 g/mol. The van der Waals surface area contributed by atoms with Crippen molar-refractivity contribution in [3.63, 3.8) is 0 Å². The topological polar surface area (TPSA) is 38.0 Å². The lowest BCUT2D eigenvalue weighted by Crippen LogP contribution is -2.38. The van der Waals surface area contributed by atoms with Gasteiger partial charge in [-0.05, 0) is 60.4 Å². The van der Waals surface area contributed by atoms with Gasteiger partial charge in [0.15, 0.2) is 0 Å². The second-order valence-electron chi connectivity index (χ2n) is 6.45. The van der Waals surface area contributed by atoms with Crippen molar-refractivity contribution in [1.29, 1.82) is 0 Å². The Morgan fingerprint density at radius 3 is 2.42 bits per heavy atom. The molecule has 0 atom stereocenters. The highest BCUT2D eigenvalue weighted by Crippen LogP contribution is 2.38. The summed E-state index contributed by atoms with van der Waals surface area (Å²) in [6.45, 7) is 6.57. The molecule has 1 saturated carbocycles. The van der Waals surface area contributed by atoms with Crippen LogP contribution in [0.25, 0.3) is 0 Å². The molecule has 3 nitrogen and oxygen atoms in total. The minimum absolute atomic E-state index is 0.547. The highest BCUT2D eigenvalue weighted by molar-refractivity contribution is 9.10. The van der Waals surface area contributed by atoms with Crippen LogP contribution in [0.5, 0.6) is 0 Å². The average molecular weight is 329 g/mol. The lowest BCUT2D eigenvalue weighted by molar-refractivity contribution is -0.0161. The fourth-order valence-corrected chi connectivity index (χ4v) is 3.68. The van der Waals surface area contributed by atoms with Crippen LogP contribution in [0.3, 0.4) is 0 Å². The van der Waals surface area contributed by atoms with E-state index in [4.69, 9.17) is 0 Å². The second kappa shape index (κ2) is 5.57. The largest absolute Gasteiger partial charge is 0.389 e. The van der Waals surface area contributed by atoms with Crippen LogP contribution >= 0.6 is 15.9 Å². The number of rotatable bonds is 3. The predicted octanol–water partition coefficient (Wildman–Crippen LogP) is 3.61. The van der Waals surface area contributed by atoms with E-state index in [1.807, 2.05) is 18.7 Å². The van der Waals surface area contributed by atoms with Crippen LogP contribution in [-0.4, -0.2) is 20.5 Å². The van der Waals surface area contributed by atoms with Gasteiger partial charge in [-0.15, -0.1) is 0 Å². The number of hydrogen-bond acceptors (Lipinski definition) is 2. The van der Waals surface area contributed by atoms with Crippen molar-refractivity contribution in [2.45, 2.75) is 58.5 Å². The van der Waals surface area contributed by atoms with E-state index in [1.54, 1.807) is 0 Å². The van der Waals surface area contributed by atoms with Gasteiger partial charge in [0.2, 0.25) is 0 Å². The Balaban J connectivity index is 2.07. The molecule has 1 aliphatic rings. The van der Waals surface area contributed by atoms with E-state index in [-0.39, 0.29) is 0 Å². The molecule has 1 N–H and O–H groups in total. The summed E-state index contributed by atoms with van der Waals surface area (Å²) < 4.78 is 2.95. The minimum Gasteiger partial charge on any atom is -0.389 e. The lowest BCUT2D eigenvalue weighted by Gasteiger charge is -2.37. The summed E-state index contributed by atoms with van der Waals surface area (Å²) in [7, 11) is 1.95. The highest BCUT2D eigenvalue weighted by Gasteiger charge is 2.35. The Morgan fingerprint density at radius 2 is 2.00 bits per heavy atom. The van der Waals surface area contributed by atoms with Crippen molar-refractivity contribution in [2.24, 2.45) is 18.9 Å². The highest BCUT2D eigenvalue weighted by atomic mass is 79.9. The third-order valence-electron chi connectivity index (χ3n) is 4.66. The Kier molecular flexibility index (Phi) is 4.41. The molecule has 1 aromatic heterocycles. The maximum Gasteiger partial charge on any atom is 0.0738 e. The van der Waals surface area contributed by atoms with Crippen molar-refractivity contribution < 1.29 is 5.11 Å². The van der Waals surface area contributed by atoms with Crippen LogP contribution in [0.4, 0.5) is 0 Å². The zero-order chi connectivity index (χ0) is 14.2. The molecule has 0 radical (unpaired) electrons. The molecule has 0 aromatic carbocycles. The maximum atomic E-state index is 10.8. The van der Waals surface area contributed by atoms with E-state index in [2.05, 4.69) is 34.9 Å². The Bertz CT molecular complexity index is 445. The predicted molar refractivity (Wildman–Crippen MR) is 81.1 cm³/mol. The Labute approximate surface area is 124 Å². The van der Waals surface area contributed by atoms with E-state index in [9.17, 15) is 5.11 Å². The quantitative estimate of drug-likeness (QED) is 0.920. The van der Waals surface area contributed by atoms with Gasteiger partial charge in [-0.3, -0.25) is 4.68 Å². The molecule has 1 aliphatic carbocycles. The third kappa shape index (κ3) is 3.22. The SMILES string of the molecule is Cc1nn(C)c(CC2(O)CCC(C(C)C)CC2)c1Br. The molecule has 0 saturated heterocycles.